The smallest absolute Gasteiger partial charge is 0.107 e. The van der Waals surface area contributed by atoms with Crippen molar-refractivity contribution in [2.45, 2.75) is 26.2 Å². The maximum absolute atomic E-state index is 8.67. The molecule has 1 aliphatic heterocycles. The Labute approximate surface area is 133 Å². The van der Waals surface area contributed by atoms with Crippen LogP contribution in [0.25, 0.3) is 0 Å². The van der Waals surface area contributed by atoms with E-state index < -0.39 is 0 Å². The zero-order valence-electron chi connectivity index (χ0n) is 14.0. The molecule has 1 aromatic heterocycles. The molecule has 0 saturated carbocycles. The van der Waals surface area contributed by atoms with Gasteiger partial charge in [-0.2, -0.15) is 0 Å². The zero-order chi connectivity index (χ0) is 15.8. The second kappa shape index (κ2) is 9.30. The summed E-state index contributed by atoms with van der Waals surface area (Å²) in [6, 6.07) is 4.15. The predicted molar refractivity (Wildman–Crippen MR) is 87.3 cm³/mol. The van der Waals surface area contributed by atoms with Crippen LogP contribution in [0.1, 0.15) is 30.8 Å². The number of rotatable bonds is 9. The molecule has 1 aromatic rings. The van der Waals surface area contributed by atoms with Crippen LogP contribution in [-0.4, -0.2) is 74.0 Å². The molecule has 1 aliphatic rings. The number of hydrogen-bond donors (Lipinski definition) is 1. The predicted octanol–water partition coefficient (Wildman–Crippen LogP) is 1.71. The normalized spacial score (nSPS) is 18.7. The summed E-state index contributed by atoms with van der Waals surface area (Å²) in [5.41, 5.74) is 0. The number of aliphatic hydroxyl groups is 1. The molecule has 22 heavy (non-hydrogen) atoms. The van der Waals surface area contributed by atoms with Crippen LogP contribution in [-0.2, 0) is 4.74 Å². The second-order valence-electron chi connectivity index (χ2n) is 6.16. The van der Waals surface area contributed by atoms with Gasteiger partial charge in [0.05, 0.1) is 19.8 Å². The molecule has 1 fully saturated rings. The Balaban J connectivity index is 1.59. The summed E-state index contributed by atoms with van der Waals surface area (Å²) < 4.78 is 11.0. The lowest BCUT2D eigenvalue weighted by atomic mass is 10.0. The summed E-state index contributed by atoms with van der Waals surface area (Å²) in [5.74, 6) is 2.59. The van der Waals surface area contributed by atoms with E-state index in [1.54, 1.807) is 0 Å². The molecule has 2 rings (SSSR count). The van der Waals surface area contributed by atoms with Gasteiger partial charge in [-0.3, -0.25) is 4.90 Å². The minimum Gasteiger partial charge on any atom is -0.466 e. The SMILES string of the molecule is Cc1ccc([C@@H](C)CCN2CCN(CCOCCO)CC2)o1. The molecule has 5 nitrogen and oxygen atoms in total. The first kappa shape index (κ1) is 17.5. The van der Waals surface area contributed by atoms with Crippen molar-refractivity contribution in [1.29, 1.82) is 0 Å². The van der Waals surface area contributed by atoms with Crippen molar-refractivity contribution in [1.82, 2.24) is 9.80 Å². The average molecular weight is 310 g/mol. The Morgan fingerprint density at radius 3 is 2.41 bits per heavy atom. The Hall–Kier alpha value is -0.880. The fourth-order valence-electron chi connectivity index (χ4n) is 2.83. The van der Waals surface area contributed by atoms with Crippen LogP contribution in [0.3, 0.4) is 0 Å². The van der Waals surface area contributed by atoms with E-state index in [9.17, 15) is 0 Å². The first-order valence-electron chi connectivity index (χ1n) is 8.38. The third-order valence-electron chi connectivity index (χ3n) is 4.38. The van der Waals surface area contributed by atoms with Crippen molar-refractivity contribution in [3.8, 4) is 0 Å². The number of furan rings is 1. The third kappa shape index (κ3) is 5.72. The summed E-state index contributed by atoms with van der Waals surface area (Å²) >= 11 is 0. The van der Waals surface area contributed by atoms with Crippen LogP contribution >= 0.6 is 0 Å². The number of aliphatic hydroxyl groups excluding tert-OH is 1. The van der Waals surface area contributed by atoms with Gasteiger partial charge in [-0.05, 0) is 32.0 Å². The van der Waals surface area contributed by atoms with E-state index in [1.165, 1.54) is 0 Å². The van der Waals surface area contributed by atoms with Crippen molar-refractivity contribution in [3.63, 3.8) is 0 Å². The maximum Gasteiger partial charge on any atom is 0.107 e. The highest BCUT2D eigenvalue weighted by atomic mass is 16.5. The van der Waals surface area contributed by atoms with E-state index in [0.717, 1.165) is 63.8 Å². The lowest BCUT2D eigenvalue weighted by Gasteiger charge is -2.34. The van der Waals surface area contributed by atoms with E-state index in [2.05, 4.69) is 22.8 Å². The van der Waals surface area contributed by atoms with Crippen LogP contribution in [0.15, 0.2) is 16.5 Å². The van der Waals surface area contributed by atoms with E-state index in [0.29, 0.717) is 12.5 Å². The lowest BCUT2D eigenvalue weighted by molar-refractivity contribution is 0.0571. The summed E-state index contributed by atoms with van der Waals surface area (Å²) in [5, 5.41) is 8.67. The number of hydrogen-bond acceptors (Lipinski definition) is 5. The van der Waals surface area contributed by atoms with Gasteiger partial charge in [0.15, 0.2) is 0 Å². The molecule has 1 atom stereocenters. The first-order chi connectivity index (χ1) is 10.7. The van der Waals surface area contributed by atoms with Gasteiger partial charge in [-0.15, -0.1) is 0 Å². The molecule has 0 aliphatic carbocycles. The molecular formula is C17H30N2O3. The fraction of sp³-hybridized carbons (Fsp3) is 0.765. The molecular weight excluding hydrogens is 280 g/mol. The molecule has 2 heterocycles. The quantitative estimate of drug-likeness (QED) is 0.704. The van der Waals surface area contributed by atoms with Gasteiger partial charge in [0.1, 0.15) is 11.5 Å². The standard InChI is InChI=1S/C17H30N2O3/c1-15(17-4-3-16(2)22-17)5-6-18-7-9-19(10-8-18)11-13-21-14-12-20/h3-4,15,20H,5-14H2,1-2H3/t15-/m0/s1. The molecule has 0 aromatic carbocycles. The average Bonchev–Trinajstić information content (AvgIpc) is 2.97. The number of aryl methyl sites for hydroxylation is 1. The molecule has 0 unspecified atom stereocenters. The van der Waals surface area contributed by atoms with Gasteiger partial charge in [-0.25, -0.2) is 0 Å². The van der Waals surface area contributed by atoms with Crippen LogP contribution < -0.4 is 0 Å². The Morgan fingerprint density at radius 1 is 1.14 bits per heavy atom. The van der Waals surface area contributed by atoms with Gasteiger partial charge in [0.2, 0.25) is 0 Å². The minimum atomic E-state index is 0.112. The number of nitrogens with zero attached hydrogens (tertiary/aromatic N) is 2. The fourth-order valence-corrected chi connectivity index (χ4v) is 2.83. The summed E-state index contributed by atoms with van der Waals surface area (Å²) in [6.07, 6.45) is 1.15. The topological polar surface area (TPSA) is 49.1 Å². The molecule has 0 bridgehead atoms. The van der Waals surface area contributed by atoms with Gasteiger partial charge in [0, 0.05) is 38.6 Å². The Bertz CT molecular complexity index is 414. The molecule has 0 radical (unpaired) electrons. The zero-order valence-corrected chi connectivity index (χ0v) is 14.0. The summed E-state index contributed by atoms with van der Waals surface area (Å²) in [6.45, 7) is 12.1. The first-order valence-corrected chi connectivity index (χ1v) is 8.38. The Kier molecular flexibility index (Phi) is 7.39. The second-order valence-corrected chi connectivity index (χ2v) is 6.16. The summed E-state index contributed by atoms with van der Waals surface area (Å²) in [7, 11) is 0. The highest BCUT2D eigenvalue weighted by Gasteiger charge is 2.18. The maximum atomic E-state index is 8.67. The van der Waals surface area contributed by atoms with Crippen LogP contribution in [0.4, 0.5) is 0 Å². The number of piperazine rings is 1. The van der Waals surface area contributed by atoms with Crippen LogP contribution in [0, 0.1) is 6.92 Å². The van der Waals surface area contributed by atoms with E-state index in [1.807, 2.05) is 13.0 Å². The van der Waals surface area contributed by atoms with Crippen molar-refractivity contribution < 1.29 is 14.3 Å². The molecule has 0 amide bonds. The van der Waals surface area contributed by atoms with Gasteiger partial charge < -0.3 is 19.2 Å². The monoisotopic (exact) mass is 310 g/mol. The highest BCUT2D eigenvalue weighted by molar-refractivity contribution is 5.09. The van der Waals surface area contributed by atoms with Crippen molar-refractivity contribution in [3.05, 3.63) is 23.7 Å². The molecule has 1 N–H and O–H groups in total. The number of ether oxygens (including phenoxy) is 1. The molecule has 1 saturated heterocycles. The lowest BCUT2D eigenvalue weighted by Crippen LogP contribution is -2.47. The summed E-state index contributed by atoms with van der Waals surface area (Å²) in [4.78, 5) is 4.98. The molecule has 0 spiro atoms. The minimum absolute atomic E-state index is 0.112. The van der Waals surface area contributed by atoms with E-state index in [-0.39, 0.29) is 6.61 Å². The van der Waals surface area contributed by atoms with E-state index in [4.69, 9.17) is 14.3 Å². The Morgan fingerprint density at radius 2 is 1.82 bits per heavy atom. The van der Waals surface area contributed by atoms with Crippen LogP contribution in [0.2, 0.25) is 0 Å². The van der Waals surface area contributed by atoms with E-state index >= 15 is 0 Å². The van der Waals surface area contributed by atoms with Gasteiger partial charge in [0.25, 0.3) is 0 Å². The largest absolute Gasteiger partial charge is 0.466 e. The van der Waals surface area contributed by atoms with Crippen molar-refractivity contribution in [2.24, 2.45) is 0 Å². The van der Waals surface area contributed by atoms with Gasteiger partial charge >= 0.3 is 0 Å². The van der Waals surface area contributed by atoms with Crippen molar-refractivity contribution >= 4 is 0 Å². The van der Waals surface area contributed by atoms with Gasteiger partial charge in [-0.1, -0.05) is 6.92 Å². The third-order valence-corrected chi connectivity index (χ3v) is 4.38. The molecule has 5 heteroatoms. The van der Waals surface area contributed by atoms with Crippen molar-refractivity contribution in [2.75, 3.05) is 59.1 Å². The highest BCUT2D eigenvalue weighted by Crippen LogP contribution is 2.21. The van der Waals surface area contributed by atoms with Crippen LogP contribution in [0.5, 0.6) is 0 Å². The molecule has 126 valence electrons.